The molecule has 1 aromatic carbocycles. The van der Waals surface area contributed by atoms with E-state index in [-0.39, 0.29) is 11.3 Å². The van der Waals surface area contributed by atoms with Crippen LogP contribution in [0.3, 0.4) is 0 Å². The second-order valence-corrected chi connectivity index (χ2v) is 11.2. The lowest BCUT2D eigenvalue weighted by Gasteiger charge is -2.27. The van der Waals surface area contributed by atoms with Crippen LogP contribution in [0.15, 0.2) is 24.3 Å². The number of rotatable bonds is 8. The lowest BCUT2D eigenvalue weighted by Crippen LogP contribution is -2.36. The molecule has 1 aliphatic rings. The summed E-state index contributed by atoms with van der Waals surface area (Å²) >= 11 is 0. The van der Waals surface area contributed by atoms with Crippen LogP contribution in [0, 0.1) is 18.3 Å². The van der Waals surface area contributed by atoms with Crippen molar-refractivity contribution in [3.63, 3.8) is 0 Å². The molecule has 0 radical (unpaired) electrons. The van der Waals surface area contributed by atoms with Gasteiger partial charge in [-0.1, -0.05) is 46.8 Å². The van der Waals surface area contributed by atoms with E-state index >= 15 is 0 Å². The van der Waals surface area contributed by atoms with Gasteiger partial charge in [0, 0.05) is 50.3 Å². The van der Waals surface area contributed by atoms with Crippen molar-refractivity contribution in [2.24, 2.45) is 11.3 Å². The fourth-order valence-electron chi connectivity index (χ4n) is 5.24. The van der Waals surface area contributed by atoms with E-state index in [1.165, 1.54) is 11.1 Å². The molecule has 6 nitrogen and oxygen atoms in total. The molecule has 0 spiro atoms. The smallest absolute Gasteiger partial charge is 0.222 e. The van der Waals surface area contributed by atoms with E-state index in [2.05, 4.69) is 56.6 Å². The van der Waals surface area contributed by atoms with E-state index in [0.717, 1.165) is 74.9 Å². The van der Waals surface area contributed by atoms with E-state index in [4.69, 9.17) is 14.7 Å². The van der Waals surface area contributed by atoms with Gasteiger partial charge >= 0.3 is 0 Å². The maximum absolute atomic E-state index is 13.1. The normalized spacial score (nSPS) is 15.6. The molecular weight excluding hydrogens is 436 g/mol. The molecule has 1 aromatic heterocycles. The molecule has 1 unspecified atom stereocenters. The van der Waals surface area contributed by atoms with Crippen molar-refractivity contribution in [1.29, 1.82) is 0 Å². The Morgan fingerprint density at radius 2 is 1.80 bits per heavy atom. The van der Waals surface area contributed by atoms with Crippen LogP contribution in [-0.4, -0.2) is 54.1 Å². The van der Waals surface area contributed by atoms with Gasteiger partial charge in [-0.25, -0.2) is 9.97 Å². The van der Waals surface area contributed by atoms with Crippen molar-refractivity contribution >= 4 is 11.7 Å². The molecule has 2 heterocycles. The summed E-state index contributed by atoms with van der Waals surface area (Å²) in [4.78, 5) is 27.2. The SMILES string of the molecule is CCc1nc(C)nc(N2CCCN(C(=O)CC(C)CC(C)(C)C)CC2)c1Cc1ccc(OC)cc1. The van der Waals surface area contributed by atoms with Crippen molar-refractivity contribution in [2.75, 3.05) is 38.2 Å². The minimum atomic E-state index is 0.247. The largest absolute Gasteiger partial charge is 0.497 e. The summed E-state index contributed by atoms with van der Waals surface area (Å²) in [5.74, 6) is 3.38. The molecule has 1 atom stereocenters. The number of carbonyl (C=O) groups excluding carboxylic acids is 1. The summed E-state index contributed by atoms with van der Waals surface area (Å²) in [6, 6.07) is 8.24. The molecule has 1 fully saturated rings. The van der Waals surface area contributed by atoms with Gasteiger partial charge in [-0.15, -0.1) is 0 Å². The maximum atomic E-state index is 13.1. The van der Waals surface area contributed by atoms with Crippen LogP contribution < -0.4 is 9.64 Å². The Balaban J connectivity index is 1.76. The number of aryl methyl sites for hydroxylation is 2. The second-order valence-electron chi connectivity index (χ2n) is 11.2. The summed E-state index contributed by atoms with van der Waals surface area (Å²) < 4.78 is 5.32. The fraction of sp³-hybridized carbons (Fsp3) is 0.621. The average molecular weight is 481 g/mol. The molecule has 0 saturated carbocycles. The van der Waals surface area contributed by atoms with E-state index in [1.54, 1.807) is 7.11 Å². The van der Waals surface area contributed by atoms with Crippen molar-refractivity contribution in [3.05, 3.63) is 46.9 Å². The van der Waals surface area contributed by atoms with Crippen LogP contribution in [0.2, 0.25) is 0 Å². The first kappa shape index (κ1) is 27.0. The number of hydrogen-bond acceptors (Lipinski definition) is 5. The van der Waals surface area contributed by atoms with Crippen molar-refractivity contribution in [3.8, 4) is 5.75 Å². The molecule has 0 bridgehead atoms. The second kappa shape index (κ2) is 11.9. The molecule has 1 saturated heterocycles. The molecule has 1 amide bonds. The number of ether oxygens (including phenoxy) is 1. The van der Waals surface area contributed by atoms with Gasteiger partial charge in [0.05, 0.1) is 7.11 Å². The zero-order valence-electron chi connectivity index (χ0n) is 22.9. The monoisotopic (exact) mass is 480 g/mol. The number of anilines is 1. The molecule has 35 heavy (non-hydrogen) atoms. The lowest BCUT2D eigenvalue weighted by atomic mass is 9.84. The van der Waals surface area contributed by atoms with Crippen LogP contribution >= 0.6 is 0 Å². The Bertz CT molecular complexity index is 981. The summed E-state index contributed by atoms with van der Waals surface area (Å²) in [7, 11) is 1.69. The van der Waals surface area contributed by atoms with Gasteiger partial charge in [0.25, 0.3) is 0 Å². The van der Waals surface area contributed by atoms with Crippen molar-refractivity contribution in [2.45, 2.75) is 73.6 Å². The molecule has 2 aromatic rings. The first-order chi connectivity index (χ1) is 16.6. The number of carbonyl (C=O) groups is 1. The maximum Gasteiger partial charge on any atom is 0.222 e. The lowest BCUT2D eigenvalue weighted by molar-refractivity contribution is -0.132. The summed E-state index contributed by atoms with van der Waals surface area (Å²) in [6.07, 6.45) is 4.30. The topological polar surface area (TPSA) is 58.6 Å². The number of amides is 1. The van der Waals surface area contributed by atoms with Crippen LogP contribution in [0.25, 0.3) is 0 Å². The van der Waals surface area contributed by atoms with Crippen molar-refractivity contribution in [1.82, 2.24) is 14.9 Å². The third-order valence-corrected chi connectivity index (χ3v) is 6.69. The van der Waals surface area contributed by atoms with Gasteiger partial charge in [0.2, 0.25) is 5.91 Å². The highest BCUT2D eigenvalue weighted by Gasteiger charge is 2.25. The van der Waals surface area contributed by atoms with Crippen molar-refractivity contribution < 1.29 is 9.53 Å². The van der Waals surface area contributed by atoms with Gasteiger partial charge in [0.15, 0.2) is 0 Å². The molecule has 192 valence electrons. The fourth-order valence-corrected chi connectivity index (χ4v) is 5.24. The number of nitrogens with zero attached hydrogens (tertiary/aromatic N) is 4. The highest BCUT2D eigenvalue weighted by Crippen LogP contribution is 2.28. The average Bonchev–Trinajstić information content (AvgIpc) is 3.05. The molecule has 0 N–H and O–H groups in total. The van der Waals surface area contributed by atoms with Gasteiger partial charge in [-0.3, -0.25) is 4.79 Å². The van der Waals surface area contributed by atoms with E-state index < -0.39 is 0 Å². The first-order valence-corrected chi connectivity index (χ1v) is 13.1. The van der Waals surface area contributed by atoms with Gasteiger partial charge in [0.1, 0.15) is 17.4 Å². The summed E-state index contributed by atoms with van der Waals surface area (Å²) in [5, 5.41) is 0. The number of methoxy groups -OCH3 is 1. The number of aromatic nitrogens is 2. The Hall–Kier alpha value is -2.63. The molecule has 3 rings (SSSR count). The number of hydrogen-bond donors (Lipinski definition) is 0. The third kappa shape index (κ3) is 7.68. The number of benzene rings is 1. The Morgan fingerprint density at radius 3 is 2.43 bits per heavy atom. The minimum Gasteiger partial charge on any atom is -0.497 e. The predicted molar refractivity (Wildman–Crippen MR) is 143 cm³/mol. The van der Waals surface area contributed by atoms with Gasteiger partial charge in [-0.2, -0.15) is 0 Å². The summed E-state index contributed by atoms with van der Waals surface area (Å²) in [5.41, 5.74) is 3.77. The molecular formula is C29H44N4O2. The van der Waals surface area contributed by atoms with E-state index in [1.807, 2.05) is 19.1 Å². The first-order valence-electron chi connectivity index (χ1n) is 13.1. The van der Waals surface area contributed by atoms with Gasteiger partial charge in [-0.05, 0) is 55.2 Å². The van der Waals surface area contributed by atoms with Crippen LogP contribution in [-0.2, 0) is 17.6 Å². The highest BCUT2D eigenvalue weighted by molar-refractivity contribution is 5.76. The minimum absolute atomic E-state index is 0.247. The summed E-state index contributed by atoms with van der Waals surface area (Å²) in [6.45, 7) is 16.3. The van der Waals surface area contributed by atoms with Crippen LogP contribution in [0.4, 0.5) is 5.82 Å². The van der Waals surface area contributed by atoms with Gasteiger partial charge < -0.3 is 14.5 Å². The standard InChI is InChI=1S/C29H44N4O2/c1-8-26-25(19-23-10-12-24(35-7)13-11-23)28(31-22(3)30-26)33-15-9-14-32(16-17-33)27(34)18-21(2)20-29(4,5)6/h10-13,21H,8-9,14-20H2,1-7H3. The zero-order chi connectivity index (χ0) is 25.6. The van der Waals surface area contributed by atoms with Crippen LogP contribution in [0.5, 0.6) is 5.75 Å². The molecule has 1 aliphatic heterocycles. The van der Waals surface area contributed by atoms with E-state index in [9.17, 15) is 4.79 Å². The Morgan fingerprint density at radius 1 is 1.09 bits per heavy atom. The predicted octanol–water partition coefficient (Wildman–Crippen LogP) is 5.45. The zero-order valence-corrected chi connectivity index (χ0v) is 22.9. The quantitative estimate of drug-likeness (QED) is 0.503. The molecule has 0 aliphatic carbocycles. The highest BCUT2D eigenvalue weighted by atomic mass is 16.5. The van der Waals surface area contributed by atoms with E-state index in [0.29, 0.717) is 12.3 Å². The third-order valence-electron chi connectivity index (χ3n) is 6.69. The Kier molecular flexibility index (Phi) is 9.15. The Labute approximate surface area is 212 Å². The van der Waals surface area contributed by atoms with Crippen LogP contribution in [0.1, 0.15) is 76.5 Å². The molecule has 6 heteroatoms.